The predicted octanol–water partition coefficient (Wildman–Crippen LogP) is 2.28. The van der Waals surface area contributed by atoms with Crippen molar-refractivity contribution in [1.82, 2.24) is 4.72 Å². The number of rotatable bonds is 8. The molecule has 0 fully saturated rings. The number of unbranched alkanes of at least 4 members (excludes halogenated alkanes) is 4. The van der Waals surface area contributed by atoms with Gasteiger partial charge in [0.1, 0.15) is 0 Å². The lowest BCUT2D eigenvalue weighted by molar-refractivity contribution is 0.562. The van der Waals surface area contributed by atoms with Crippen LogP contribution in [0.15, 0.2) is 0 Å². The van der Waals surface area contributed by atoms with E-state index in [1.54, 1.807) is 0 Å². The van der Waals surface area contributed by atoms with Gasteiger partial charge in [-0.3, -0.25) is 0 Å². The highest BCUT2D eigenvalue weighted by Gasteiger charge is 2.10. The second-order valence-corrected chi connectivity index (χ2v) is 5.88. The minimum Gasteiger partial charge on any atom is -0.213 e. The minimum atomic E-state index is -3.02. The molecule has 0 aromatic carbocycles. The second-order valence-electron chi connectivity index (χ2n) is 4.01. The Bertz CT molecular complexity index is 222. The Morgan fingerprint density at radius 3 is 2.14 bits per heavy atom. The topological polar surface area (TPSA) is 46.2 Å². The van der Waals surface area contributed by atoms with Gasteiger partial charge in [0, 0.05) is 6.04 Å². The monoisotopic (exact) mass is 221 g/mol. The van der Waals surface area contributed by atoms with Crippen molar-refractivity contribution in [2.45, 2.75) is 58.9 Å². The van der Waals surface area contributed by atoms with E-state index in [2.05, 4.69) is 11.6 Å². The van der Waals surface area contributed by atoms with Crippen LogP contribution in [0.3, 0.4) is 0 Å². The van der Waals surface area contributed by atoms with Crippen LogP contribution in [-0.4, -0.2) is 20.2 Å². The summed E-state index contributed by atoms with van der Waals surface area (Å²) in [6, 6.07) is 0.00985. The summed E-state index contributed by atoms with van der Waals surface area (Å²) in [7, 11) is -3.02. The fraction of sp³-hybridized carbons (Fsp3) is 1.00. The van der Waals surface area contributed by atoms with Crippen LogP contribution in [-0.2, 0) is 10.0 Å². The second kappa shape index (κ2) is 7.23. The molecule has 0 saturated carbocycles. The van der Waals surface area contributed by atoms with E-state index in [1.165, 1.54) is 12.8 Å². The summed E-state index contributed by atoms with van der Waals surface area (Å²) in [5.74, 6) is 0.273. The van der Waals surface area contributed by atoms with Crippen LogP contribution in [0.4, 0.5) is 0 Å². The lowest BCUT2D eigenvalue weighted by atomic mass is 10.2. The van der Waals surface area contributed by atoms with Crippen LogP contribution in [0, 0.1) is 0 Å². The molecule has 0 radical (unpaired) electrons. The molecule has 0 aliphatic rings. The molecule has 0 aromatic rings. The van der Waals surface area contributed by atoms with Crippen molar-refractivity contribution in [3.63, 3.8) is 0 Å². The molecule has 0 unspecified atom stereocenters. The molecule has 0 aliphatic carbocycles. The van der Waals surface area contributed by atoms with Crippen LogP contribution in [0.5, 0.6) is 0 Å². The van der Waals surface area contributed by atoms with Gasteiger partial charge in [-0.05, 0) is 20.3 Å². The first-order chi connectivity index (χ1) is 6.48. The summed E-state index contributed by atoms with van der Waals surface area (Å²) in [4.78, 5) is 0. The molecule has 0 spiro atoms. The van der Waals surface area contributed by atoms with Crippen LogP contribution >= 0.6 is 0 Å². The maximum atomic E-state index is 11.4. The maximum Gasteiger partial charge on any atom is 0.211 e. The van der Waals surface area contributed by atoms with Gasteiger partial charge >= 0.3 is 0 Å². The highest BCUT2D eigenvalue weighted by molar-refractivity contribution is 7.89. The van der Waals surface area contributed by atoms with Crippen molar-refractivity contribution < 1.29 is 8.42 Å². The Morgan fingerprint density at radius 2 is 1.64 bits per heavy atom. The van der Waals surface area contributed by atoms with Crippen molar-refractivity contribution in [2.75, 3.05) is 5.75 Å². The minimum absolute atomic E-state index is 0.00985. The summed E-state index contributed by atoms with van der Waals surface area (Å²) in [5.41, 5.74) is 0. The van der Waals surface area contributed by atoms with E-state index in [4.69, 9.17) is 0 Å². The largest absolute Gasteiger partial charge is 0.213 e. The normalized spacial score (nSPS) is 12.3. The number of nitrogens with one attached hydrogen (secondary N) is 1. The van der Waals surface area contributed by atoms with E-state index < -0.39 is 10.0 Å². The lowest BCUT2D eigenvalue weighted by Gasteiger charge is -2.08. The molecular formula is C10H23NO2S. The molecule has 14 heavy (non-hydrogen) atoms. The van der Waals surface area contributed by atoms with E-state index in [0.29, 0.717) is 0 Å². The molecule has 0 amide bonds. The van der Waals surface area contributed by atoms with Gasteiger partial charge in [0.25, 0.3) is 0 Å². The van der Waals surface area contributed by atoms with Gasteiger partial charge in [-0.2, -0.15) is 0 Å². The molecule has 0 aliphatic heterocycles. The molecule has 0 atom stereocenters. The third-order valence-electron chi connectivity index (χ3n) is 1.93. The van der Waals surface area contributed by atoms with E-state index in [-0.39, 0.29) is 11.8 Å². The molecular weight excluding hydrogens is 198 g/mol. The van der Waals surface area contributed by atoms with Crippen molar-refractivity contribution in [3.05, 3.63) is 0 Å². The number of hydrogen-bond donors (Lipinski definition) is 1. The highest BCUT2D eigenvalue weighted by Crippen LogP contribution is 2.04. The fourth-order valence-electron chi connectivity index (χ4n) is 1.31. The average molecular weight is 221 g/mol. The fourth-order valence-corrected chi connectivity index (χ4v) is 2.73. The third kappa shape index (κ3) is 8.51. The van der Waals surface area contributed by atoms with Gasteiger partial charge in [-0.25, -0.2) is 13.1 Å². The van der Waals surface area contributed by atoms with Crippen LogP contribution < -0.4 is 4.72 Å². The quantitative estimate of drug-likeness (QED) is 0.639. The van der Waals surface area contributed by atoms with Gasteiger partial charge < -0.3 is 0 Å². The molecule has 0 aromatic heterocycles. The molecule has 0 saturated heterocycles. The van der Waals surface area contributed by atoms with Crippen molar-refractivity contribution in [2.24, 2.45) is 0 Å². The Kier molecular flexibility index (Phi) is 7.19. The van der Waals surface area contributed by atoms with Gasteiger partial charge in [0.2, 0.25) is 10.0 Å². The number of hydrogen-bond acceptors (Lipinski definition) is 2. The Labute approximate surface area is 88.3 Å². The average Bonchev–Trinajstić information content (AvgIpc) is 2.01. The predicted molar refractivity (Wildman–Crippen MR) is 60.8 cm³/mol. The molecule has 1 N–H and O–H groups in total. The van der Waals surface area contributed by atoms with E-state index in [1.807, 2.05) is 13.8 Å². The SMILES string of the molecule is CCCCCCCS(=O)(=O)NC(C)C. The first kappa shape index (κ1) is 13.9. The first-order valence-electron chi connectivity index (χ1n) is 5.48. The molecule has 4 heteroatoms. The van der Waals surface area contributed by atoms with E-state index in [9.17, 15) is 8.42 Å². The smallest absolute Gasteiger partial charge is 0.211 e. The zero-order chi connectivity index (χ0) is 11.0. The zero-order valence-corrected chi connectivity index (χ0v) is 10.4. The van der Waals surface area contributed by atoms with Crippen LogP contribution in [0.25, 0.3) is 0 Å². The van der Waals surface area contributed by atoms with Gasteiger partial charge in [-0.1, -0.05) is 32.6 Å². The lowest BCUT2D eigenvalue weighted by Crippen LogP contribution is -2.32. The summed E-state index contributed by atoms with van der Waals surface area (Å²) >= 11 is 0. The number of sulfonamides is 1. The summed E-state index contributed by atoms with van der Waals surface area (Å²) in [6.07, 6.45) is 5.34. The van der Waals surface area contributed by atoms with Gasteiger partial charge in [0.15, 0.2) is 0 Å². The molecule has 0 bridgehead atoms. The maximum absolute atomic E-state index is 11.4. The molecule has 0 heterocycles. The van der Waals surface area contributed by atoms with Crippen molar-refractivity contribution >= 4 is 10.0 Å². The molecule has 3 nitrogen and oxygen atoms in total. The third-order valence-corrected chi connectivity index (χ3v) is 3.59. The van der Waals surface area contributed by atoms with Crippen LogP contribution in [0.2, 0.25) is 0 Å². The summed E-state index contributed by atoms with van der Waals surface area (Å²) in [6.45, 7) is 5.83. The van der Waals surface area contributed by atoms with E-state index >= 15 is 0 Å². The summed E-state index contributed by atoms with van der Waals surface area (Å²) in [5, 5.41) is 0. The van der Waals surface area contributed by atoms with E-state index in [0.717, 1.165) is 19.3 Å². The Morgan fingerprint density at radius 1 is 1.07 bits per heavy atom. The van der Waals surface area contributed by atoms with Crippen molar-refractivity contribution in [1.29, 1.82) is 0 Å². The van der Waals surface area contributed by atoms with Crippen molar-refractivity contribution in [3.8, 4) is 0 Å². The standard InChI is InChI=1S/C10H23NO2S/c1-4-5-6-7-8-9-14(12,13)11-10(2)3/h10-11H,4-9H2,1-3H3. The summed E-state index contributed by atoms with van der Waals surface area (Å²) < 4.78 is 25.3. The van der Waals surface area contributed by atoms with Crippen LogP contribution in [0.1, 0.15) is 52.9 Å². The zero-order valence-electron chi connectivity index (χ0n) is 9.54. The first-order valence-corrected chi connectivity index (χ1v) is 7.13. The van der Waals surface area contributed by atoms with Gasteiger partial charge in [0.05, 0.1) is 5.75 Å². The highest BCUT2D eigenvalue weighted by atomic mass is 32.2. The Balaban J connectivity index is 3.56. The van der Waals surface area contributed by atoms with Gasteiger partial charge in [-0.15, -0.1) is 0 Å². The molecule has 86 valence electrons. The molecule has 0 rings (SSSR count). The Hall–Kier alpha value is -0.0900.